The maximum atomic E-state index is 12.1. The fourth-order valence-electron chi connectivity index (χ4n) is 2.69. The summed E-state index contributed by atoms with van der Waals surface area (Å²) in [5.41, 5.74) is 2.19. The SMILES string of the molecule is Cc1ccc(CN2CC(C(=O)NC(C)CC(=O)O)CC2=O)cc1. The van der Waals surface area contributed by atoms with Crippen LogP contribution in [0.2, 0.25) is 0 Å². The second-order valence-corrected chi connectivity index (χ2v) is 6.17. The van der Waals surface area contributed by atoms with Crippen molar-refractivity contribution in [3.8, 4) is 0 Å². The van der Waals surface area contributed by atoms with Gasteiger partial charge in [0.1, 0.15) is 0 Å². The predicted octanol–water partition coefficient (Wildman–Crippen LogP) is 1.32. The molecule has 6 heteroatoms. The Labute approximate surface area is 135 Å². The smallest absolute Gasteiger partial charge is 0.305 e. The molecule has 2 rings (SSSR count). The molecule has 0 spiro atoms. The van der Waals surface area contributed by atoms with Crippen molar-refractivity contribution >= 4 is 17.8 Å². The van der Waals surface area contributed by atoms with E-state index in [-0.39, 0.29) is 24.7 Å². The molecule has 1 saturated heterocycles. The Kier molecular flexibility index (Phi) is 5.36. The highest BCUT2D eigenvalue weighted by Crippen LogP contribution is 2.21. The van der Waals surface area contributed by atoms with E-state index in [1.165, 1.54) is 0 Å². The number of hydrogen-bond donors (Lipinski definition) is 2. The summed E-state index contributed by atoms with van der Waals surface area (Å²) in [6.07, 6.45) is 0.0526. The number of carboxylic acid groups (broad SMARTS) is 1. The van der Waals surface area contributed by atoms with Crippen molar-refractivity contribution in [1.82, 2.24) is 10.2 Å². The van der Waals surface area contributed by atoms with Gasteiger partial charge in [0.05, 0.1) is 12.3 Å². The number of benzene rings is 1. The van der Waals surface area contributed by atoms with E-state index in [9.17, 15) is 14.4 Å². The minimum absolute atomic E-state index is 0.0448. The molecule has 1 aromatic rings. The maximum Gasteiger partial charge on any atom is 0.305 e. The van der Waals surface area contributed by atoms with Crippen LogP contribution in [-0.4, -0.2) is 40.4 Å². The quantitative estimate of drug-likeness (QED) is 0.828. The number of carbonyl (C=O) groups is 3. The molecule has 2 amide bonds. The molecule has 0 saturated carbocycles. The summed E-state index contributed by atoms with van der Waals surface area (Å²) in [4.78, 5) is 36.5. The molecule has 0 aromatic heterocycles. The average Bonchev–Trinajstić information content (AvgIpc) is 2.82. The Morgan fingerprint density at radius 1 is 1.35 bits per heavy atom. The number of amides is 2. The molecule has 2 atom stereocenters. The number of likely N-dealkylation sites (tertiary alicyclic amines) is 1. The lowest BCUT2D eigenvalue weighted by Gasteiger charge is -2.18. The first-order chi connectivity index (χ1) is 10.8. The Hall–Kier alpha value is -2.37. The second kappa shape index (κ2) is 7.26. The molecule has 1 fully saturated rings. The number of nitrogens with one attached hydrogen (secondary N) is 1. The van der Waals surface area contributed by atoms with Gasteiger partial charge in [-0.1, -0.05) is 29.8 Å². The zero-order valence-electron chi connectivity index (χ0n) is 13.4. The lowest BCUT2D eigenvalue weighted by Crippen LogP contribution is -2.39. The highest BCUT2D eigenvalue weighted by molar-refractivity contribution is 5.89. The van der Waals surface area contributed by atoms with Crippen molar-refractivity contribution in [2.75, 3.05) is 6.54 Å². The number of aliphatic carboxylic acids is 1. The van der Waals surface area contributed by atoms with Gasteiger partial charge in [0, 0.05) is 25.6 Å². The van der Waals surface area contributed by atoms with Crippen LogP contribution in [0, 0.1) is 12.8 Å². The zero-order valence-corrected chi connectivity index (χ0v) is 13.4. The number of carboxylic acids is 1. The van der Waals surface area contributed by atoms with Crippen LogP contribution < -0.4 is 5.32 Å². The van der Waals surface area contributed by atoms with Crippen LogP contribution in [0.4, 0.5) is 0 Å². The topological polar surface area (TPSA) is 86.7 Å². The van der Waals surface area contributed by atoms with E-state index in [4.69, 9.17) is 5.11 Å². The summed E-state index contributed by atoms with van der Waals surface area (Å²) in [5, 5.41) is 11.4. The molecule has 2 N–H and O–H groups in total. The molecule has 1 heterocycles. The molecular weight excluding hydrogens is 296 g/mol. The van der Waals surface area contributed by atoms with Gasteiger partial charge < -0.3 is 15.3 Å². The van der Waals surface area contributed by atoms with E-state index in [2.05, 4.69) is 5.32 Å². The molecule has 1 aromatic carbocycles. The molecule has 1 aliphatic rings. The van der Waals surface area contributed by atoms with E-state index in [1.54, 1.807) is 11.8 Å². The average molecular weight is 318 g/mol. The van der Waals surface area contributed by atoms with E-state index >= 15 is 0 Å². The van der Waals surface area contributed by atoms with Crippen LogP contribution in [0.15, 0.2) is 24.3 Å². The molecule has 0 radical (unpaired) electrons. The van der Waals surface area contributed by atoms with Gasteiger partial charge in [-0.3, -0.25) is 14.4 Å². The summed E-state index contributed by atoms with van der Waals surface area (Å²) in [7, 11) is 0. The molecule has 0 aliphatic carbocycles. The first-order valence-electron chi connectivity index (χ1n) is 7.70. The number of nitrogens with zero attached hydrogens (tertiary/aromatic N) is 1. The summed E-state index contributed by atoms with van der Waals surface area (Å²) in [6, 6.07) is 7.50. The maximum absolute atomic E-state index is 12.1. The van der Waals surface area contributed by atoms with Gasteiger partial charge in [-0.2, -0.15) is 0 Å². The highest BCUT2D eigenvalue weighted by Gasteiger charge is 2.34. The Balaban J connectivity index is 1.90. The van der Waals surface area contributed by atoms with Crippen molar-refractivity contribution in [2.24, 2.45) is 5.92 Å². The van der Waals surface area contributed by atoms with E-state index in [1.807, 2.05) is 31.2 Å². The van der Waals surface area contributed by atoms with Crippen LogP contribution in [0.5, 0.6) is 0 Å². The number of carbonyl (C=O) groups excluding carboxylic acids is 2. The zero-order chi connectivity index (χ0) is 17.0. The van der Waals surface area contributed by atoms with Crippen LogP contribution >= 0.6 is 0 Å². The summed E-state index contributed by atoms with van der Waals surface area (Å²) in [5.74, 6) is -1.67. The lowest BCUT2D eigenvalue weighted by atomic mass is 10.1. The van der Waals surface area contributed by atoms with E-state index in [0.717, 1.165) is 11.1 Å². The Bertz CT molecular complexity index is 597. The molecule has 6 nitrogen and oxygen atoms in total. The molecule has 1 aliphatic heterocycles. The van der Waals surface area contributed by atoms with Gasteiger partial charge >= 0.3 is 5.97 Å². The fraction of sp³-hybridized carbons (Fsp3) is 0.471. The van der Waals surface area contributed by atoms with Gasteiger partial charge in [-0.05, 0) is 19.4 Å². The van der Waals surface area contributed by atoms with E-state index in [0.29, 0.717) is 13.1 Å². The Morgan fingerprint density at radius 3 is 2.61 bits per heavy atom. The first kappa shape index (κ1) is 17.0. The van der Waals surface area contributed by atoms with Crippen LogP contribution in [0.1, 0.15) is 30.9 Å². The van der Waals surface area contributed by atoms with E-state index < -0.39 is 17.9 Å². The minimum Gasteiger partial charge on any atom is -0.481 e. The lowest BCUT2D eigenvalue weighted by molar-refractivity contribution is -0.137. The molecule has 0 bridgehead atoms. The fourth-order valence-corrected chi connectivity index (χ4v) is 2.69. The third-order valence-corrected chi connectivity index (χ3v) is 3.95. The molecule has 124 valence electrons. The third-order valence-electron chi connectivity index (χ3n) is 3.95. The van der Waals surface area contributed by atoms with Gasteiger partial charge in [0.2, 0.25) is 11.8 Å². The monoisotopic (exact) mass is 318 g/mol. The number of rotatable bonds is 6. The molecular formula is C17H22N2O4. The van der Waals surface area contributed by atoms with Crippen molar-refractivity contribution in [2.45, 2.75) is 39.3 Å². The van der Waals surface area contributed by atoms with Crippen LogP contribution in [0.3, 0.4) is 0 Å². The number of aryl methyl sites for hydroxylation is 1. The van der Waals surface area contributed by atoms with Crippen molar-refractivity contribution in [3.63, 3.8) is 0 Å². The van der Waals surface area contributed by atoms with Gasteiger partial charge in [0.15, 0.2) is 0 Å². The second-order valence-electron chi connectivity index (χ2n) is 6.17. The van der Waals surface area contributed by atoms with Gasteiger partial charge in [-0.25, -0.2) is 0 Å². The minimum atomic E-state index is -0.957. The molecule has 2 unspecified atom stereocenters. The standard InChI is InChI=1S/C17H22N2O4/c1-11-3-5-13(6-4-11)9-19-10-14(8-15(19)20)17(23)18-12(2)7-16(21)22/h3-6,12,14H,7-10H2,1-2H3,(H,18,23)(H,21,22). The predicted molar refractivity (Wildman–Crippen MR) is 84.6 cm³/mol. The summed E-state index contributed by atoms with van der Waals surface area (Å²) < 4.78 is 0. The van der Waals surface area contributed by atoms with Crippen LogP contribution in [0.25, 0.3) is 0 Å². The first-order valence-corrected chi connectivity index (χ1v) is 7.70. The third kappa shape index (κ3) is 4.81. The van der Waals surface area contributed by atoms with Crippen molar-refractivity contribution < 1.29 is 19.5 Å². The summed E-state index contributed by atoms with van der Waals surface area (Å²) in [6.45, 7) is 4.52. The molecule has 23 heavy (non-hydrogen) atoms. The van der Waals surface area contributed by atoms with Crippen molar-refractivity contribution in [1.29, 1.82) is 0 Å². The van der Waals surface area contributed by atoms with Crippen molar-refractivity contribution in [3.05, 3.63) is 35.4 Å². The highest BCUT2D eigenvalue weighted by atomic mass is 16.4. The Morgan fingerprint density at radius 2 is 2.00 bits per heavy atom. The van der Waals surface area contributed by atoms with Gasteiger partial charge in [0.25, 0.3) is 0 Å². The number of hydrogen-bond acceptors (Lipinski definition) is 3. The van der Waals surface area contributed by atoms with Gasteiger partial charge in [-0.15, -0.1) is 0 Å². The normalized spacial score (nSPS) is 18.8. The summed E-state index contributed by atoms with van der Waals surface area (Å²) >= 11 is 0. The largest absolute Gasteiger partial charge is 0.481 e. The van der Waals surface area contributed by atoms with Crippen LogP contribution in [-0.2, 0) is 20.9 Å².